The fourth-order valence-electron chi connectivity index (χ4n) is 5.92. The monoisotopic (exact) mass is 811 g/mol. The lowest BCUT2D eigenvalue weighted by atomic mass is 10.1. The molecule has 1 aromatic heterocycles. The van der Waals surface area contributed by atoms with E-state index in [0.717, 1.165) is 29.2 Å². The van der Waals surface area contributed by atoms with Crippen LogP contribution in [0.3, 0.4) is 0 Å². The van der Waals surface area contributed by atoms with Gasteiger partial charge in [0.15, 0.2) is 0 Å². The zero-order valence-electron chi connectivity index (χ0n) is 31.7. The van der Waals surface area contributed by atoms with Gasteiger partial charge in [0.2, 0.25) is 26.0 Å². The lowest BCUT2D eigenvalue weighted by Gasteiger charge is -2.30. The second-order valence-electron chi connectivity index (χ2n) is 13.0. The number of ether oxygens (including phenoxy) is 3. The first-order chi connectivity index (χ1) is 27.1. The number of carbonyl (C=O) groups is 2. The smallest absolute Gasteiger partial charge is 0.315 e. The van der Waals surface area contributed by atoms with Crippen LogP contribution in [-0.4, -0.2) is 59.9 Å². The first kappa shape index (κ1) is 41.7. The fraction of sp³-hybridized carbons (Fsp3) is 0.220. The van der Waals surface area contributed by atoms with Crippen molar-refractivity contribution < 1.29 is 40.6 Å². The Labute approximate surface area is 332 Å². The van der Waals surface area contributed by atoms with E-state index in [4.69, 9.17) is 9.47 Å². The third-order valence-electron chi connectivity index (χ3n) is 8.54. The number of nitrogens with one attached hydrogen (secondary N) is 1. The number of aromatic nitrogens is 1. The molecule has 4 aromatic carbocycles. The maximum atomic E-state index is 12.7. The highest BCUT2D eigenvalue weighted by Gasteiger charge is 2.30. The normalized spacial score (nSPS) is 11.2. The molecule has 16 heteroatoms. The standard InChI is InChI=1S/C41H41N5O9S2/c1-29-37(8-5-9-38(29)46(56(3,49)50)57(4,51)52)45(27-32-12-10-30(25-42)11-13-32)28-33-14-16-34(17-15-33)55-35-18-19-36(44-40(47)24-41(48)53-2)39(23-35)54-22-20-31-7-6-21-43-26-31/h5-19,21,23,26H,20,22,24,27-28H2,1-4H3,(H,44,47). The van der Waals surface area contributed by atoms with E-state index in [2.05, 4.69) is 21.1 Å². The van der Waals surface area contributed by atoms with E-state index in [1.807, 2.05) is 41.3 Å². The topological polar surface area (TPSA) is 185 Å². The summed E-state index contributed by atoms with van der Waals surface area (Å²) in [7, 11) is -7.18. The number of hydrogen-bond donors (Lipinski definition) is 1. The zero-order chi connectivity index (χ0) is 41.2. The predicted octanol–water partition coefficient (Wildman–Crippen LogP) is 6.11. The van der Waals surface area contributed by atoms with Crippen molar-refractivity contribution in [1.82, 2.24) is 4.98 Å². The van der Waals surface area contributed by atoms with Crippen LogP contribution in [-0.2, 0) is 53.9 Å². The van der Waals surface area contributed by atoms with Gasteiger partial charge in [0, 0.05) is 43.7 Å². The number of pyridine rings is 1. The van der Waals surface area contributed by atoms with Gasteiger partial charge in [0.25, 0.3) is 0 Å². The Morgan fingerprint density at radius 2 is 1.44 bits per heavy atom. The van der Waals surface area contributed by atoms with Crippen molar-refractivity contribution in [3.63, 3.8) is 0 Å². The SMILES string of the molecule is COC(=O)CC(=O)Nc1ccc(Oc2ccc(CN(Cc3ccc(C#N)cc3)c3cccc(N(S(C)(=O)=O)S(C)(=O)=O)c3C)cc2)cc1OCCc1cccnc1. The highest BCUT2D eigenvalue weighted by Crippen LogP contribution is 2.35. The molecule has 1 heterocycles. The largest absolute Gasteiger partial charge is 0.491 e. The van der Waals surface area contributed by atoms with Crippen LogP contribution < -0.4 is 23.4 Å². The van der Waals surface area contributed by atoms with Crippen LogP contribution in [0.5, 0.6) is 17.2 Å². The minimum Gasteiger partial charge on any atom is -0.491 e. The van der Waals surface area contributed by atoms with E-state index in [0.29, 0.717) is 63.0 Å². The van der Waals surface area contributed by atoms with Crippen molar-refractivity contribution in [1.29, 1.82) is 5.26 Å². The van der Waals surface area contributed by atoms with Crippen molar-refractivity contribution in [2.75, 3.05) is 40.2 Å². The second-order valence-corrected chi connectivity index (χ2v) is 16.9. The number of carbonyl (C=O) groups excluding carboxylic acids is 2. The fourth-order valence-corrected chi connectivity index (χ4v) is 8.99. The molecule has 0 saturated heterocycles. The van der Waals surface area contributed by atoms with Gasteiger partial charge in [-0.05, 0) is 83.8 Å². The van der Waals surface area contributed by atoms with Gasteiger partial charge in [-0.1, -0.05) is 36.4 Å². The molecule has 0 bridgehead atoms. The van der Waals surface area contributed by atoms with Crippen LogP contribution in [0.2, 0.25) is 0 Å². The van der Waals surface area contributed by atoms with Gasteiger partial charge < -0.3 is 24.4 Å². The summed E-state index contributed by atoms with van der Waals surface area (Å²) in [5.41, 5.74) is 4.57. The number of rotatable bonds is 17. The highest BCUT2D eigenvalue weighted by molar-refractivity contribution is 8.09. The van der Waals surface area contributed by atoms with E-state index in [1.54, 1.807) is 73.9 Å². The Balaban J connectivity index is 1.40. The third kappa shape index (κ3) is 11.5. The summed E-state index contributed by atoms with van der Waals surface area (Å²) >= 11 is 0. The number of methoxy groups -OCH3 is 1. The van der Waals surface area contributed by atoms with Gasteiger partial charge in [-0.15, -0.1) is 0 Å². The molecule has 0 atom stereocenters. The Kier molecular flexibility index (Phi) is 13.5. The second kappa shape index (κ2) is 18.5. The number of sulfonamides is 2. The molecule has 0 saturated carbocycles. The number of nitriles is 1. The number of hydrogen-bond acceptors (Lipinski definition) is 12. The molecule has 0 spiro atoms. The molecule has 57 heavy (non-hydrogen) atoms. The van der Waals surface area contributed by atoms with Crippen molar-refractivity contribution >= 4 is 49.0 Å². The summed E-state index contributed by atoms with van der Waals surface area (Å²) in [5, 5.41) is 12.0. The molecule has 0 aliphatic rings. The van der Waals surface area contributed by atoms with Gasteiger partial charge in [-0.3, -0.25) is 14.6 Å². The Morgan fingerprint density at radius 3 is 2.04 bits per heavy atom. The number of amides is 1. The minimum absolute atomic E-state index is 0.0144. The van der Waals surface area contributed by atoms with Crippen LogP contribution in [0.1, 0.15) is 34.2 Å². The number of anilines is 3. The van der Waals surface area contributed by atoms with Gasteiger partial charge in [0.05, 0.1) is 49.2 Å². The summed E-state index contributed by atoms with van der Waals surface area (Å²) < 4.78 is 68.1. The molecule has 0 radical (unpaired) electrons. The summed E-state index contributed by atoms with van der Waals surface area (Å²) in [6.07, 6.45) is 5.19. The van der Waals surface area contributed by atoms with Crippen LogP contribution in [0.4, 0.5) is 17.1 Å². The predicted molar refractivity (Wildman–Crippen MR) is 216 cm³/mol. The zero-order valence-corrected chi connectivity index (χ0v) is 33.3. The van der Waals surface area contributed by atoms with Crippen molar-refractivity contribution in [2.24, 2.45) is 0 Å². The average molecular weight is 812 g/mol. The first-order valence-electron chi connectivity index (χ1n) is 17.5. The average Bonchev–Trinajstić information content (AvgIpc) is 3.16. The maximum absolute atomic E-state index is 12.7. The van der Waals surface area contributed by atoms with Crippen LogP contribution in [0, 0.1) is 18.3 Å². The van der Waals surface area contributed by atoms with Gasteiger partial charge in [-0.25, -0.2) is 16.8 Å². The van der Waals surface area contributed by atoms with Crippen molar-refractivity contribution in [2.45, 2.75) is 32.9 Å². The van der Waals surface area contributed by atoms with Crippen LogP contribution >= 0.6 is 0 Å². The molecule has 14 nitrogen and oxygen atoms in total. The van der Waals surface area contributed by atoms with E-state index in [-0.39, 0.29) is 12.3 Å². The van der Waals surface area contributed by atoms with E-state index < -0.39 is 38.3 Å². The third-order valence-corrected chi connectivity index (χ3v) is 11.8. The molecule has 1 amide bonds. The summed E-state index contributed by atoms with van der Waals surface area (Å²) in [6.45, 7) is 2.62. The quantitative estimate of drug-likeness (QED) is 0.0841. The number of benzene rings is 4. The number of nitrogens with zero attached hydrogens (tertiary/aromatic N) is 4. The van der Waals surface area contributed by atoms with Gasteiger partial charge in [0.1, 0.15) is 23.7 Å². The first-order valence-corrected chi connectivity index (χ1v) is 21.2. The molecule has 0 fully saturated rings. The highest BCUT2D eigenvalue weighted by atomic mass is 32.3. The van der Waals surface area contributed by atoms with Gasteiger partial charge >= 0.3 is 5.97 Å². The van der Waals surface area contributed by atoms with E-state index in [1.165, 1.54) is 13.2 Å². The Hall–Kier alpha value is -6.44. The molecule has 1 N–H and O–H groups in total. The maximum Gasteiger partial charge on any atom is 0.315 e. The lowest BCUT2D eigenvalue weighted by Crippen LogP contribution is -2.36. The van der Waals surface area contributed by atoms with Crippen molar-refractivity contribution in [3.05, 3.63) is 137 Å². The summed E-state index contributed by atoms with van der Waals surface area (Å²) in [6, 6.07) is 30.0. The van der Waals surface area contributed by atoms with Crippen LogP contribution in [0.25, 0.3) is 0 Å². The molecule has 0 aliphatic carbocycles. The molecule has 0 aliphatic heterocycles. The molecule has 5 rings (SSSR count). The van der Waals surface area contributed by atoms with Crippen LogP contribution in [0.15, 0.2) is 109 Å². The summed E-state index contributed by atoms with van der Waals surface area (Å²) in [5.74, 6) is -0.00633. The van der Waals surface area contributed by atoms with E-state index >= 15 is 0 Å². The molecular formula is C41H41N5O9S2. The Bertz CT molecular complexity index is 2440. The molecule has 5 aromatic rings. The van der Waals surface area contributed by atoms with Crippen molar-refractivity contribution in [3.8, 4) is 23.3 Å². The Morgan fingerprint density at radius 1 is 0.807 bits per heavy atom. The van der Waals surface area contributed by atoms with E-state index in [9.17, 15) is 31.7 Å². The lowest BCUT2D eigenvalue weighted by molar-refractivity contribution is -0.142. The summed E-state index contributed by atoms with van der Waals surface area (Å²) in [4.78, 5) is 30.3. The minimum atomic E-state index is -4.19. The molecular weight excluding hydrogens is 771 g/mol. The molecule has 0 unspecified atom stereocenters. The molecule has 296 valence electrons. The number of esters is 1. The van der Waals surface area contributed by atoms with Gasteiger partial charge in [-0.2, -0.15) is 8.97 Å².